The Balaban J connectivity index is 0.00000363. The Bertz CT molecular complexity index is 835. The van der Waals surface area contributed by atoms with Crippen molar-refractivity contribution in [1.82, 2.24) is 15.5 Å². The van der Waals surface area contributed by atoms with Crippen LogP contribution in [0.15, 0.2) is 46.8 Å². The number of guanidine groups is 1. The van der Waals surface area contributed by atoms with E-state index in [1.165, 1.54) is 35.4 Å². The van der Waals surface area contributed by atoms with Crippen LogP contribution in [0.2, 0.25) is 0 Å². The number of aliphatic imine (C=N–C) groups is 1. The minimum atomic E-state index is -0.131. The van der Waals surface area contributed by atoms with E-state index in [1.54, 1.807) is 0 Å². The van der Waals surface area contributed by atoms with E-state index in [9.17, 15) is 0 Å². The molecule has 0 amide bonds. The summed E-state index contributed by atoms with van der Waals surface area (Å²) in [6.45, 7) is 9.71. The smallest absolute Gasteiger partial charge is 0.191 e. The Morgan fingerprint density at radius 3 is 2.66 bits per heavy atom. The fraction of sp³-hybridized carbons (Fsp3) is 0.560. The van der Waals surface area contributed by atoms with Crippen molar-refractivity contribution in [1.29, 1.82) is 0 Å². The maximum absolute atomic E-state index is 5.91. The molecule has 32 heavy (non-hydrogen) atoms. The first-order valence-electron chi connectivity index (χ1n) is 11.3. The Morgan fingerprint density at radius 2 is 1.97 bits per heavy atom. The zero-order valence-corrected chi connectivity index (χ0v) is 23.2. The molecule has 1 aliphatic rings. The van der Waals surface area contributed by atoms with Gasteiger partial charge in [0.25, 0.3) is 0 Å². The van der Waals surface area contributed by atoms with Crippen LogP contribution in [0, 0.1) is 5.92 Å². The number of hydrogen-bond donors (Lipinski definition) is 2. The molecule has 2 unspecified atom stereocenters. The third kappa shape index (κ3) is 8.32. The summed E-state index contributed by atoms with van der Waals surface area (Å²) >= 11 is 1.87. The van der Waals surface area contributed by atoms with E-state index < -0.39 is 0 Å². The molecule has 0 spiro atoms. The van der Waals surface area contributed by atoms with E-state index in [2.05, 4.69) is 90.1 Å². The molecule has 1 aromatic heterocycles. The molecule has 1 fully saturated rings. The minimum Gasteiger partial charge on any atom is -0.371 e. The molecule has 178 valence electrons. The number of nitrogens with one attached hydrogen (secondary N) is 2. The van der Waals surface area contributed by atoms with Gasteiger partial charge in [-0.2, -0.15) is 0 Å². The van der Waals surface area contributed by atoms with E-state index in [1.807, 2.05) is 18.4 Å². The number of rotatable bonds is 7. The minimum absolute atomic E-state index is 0. The normalized spacial score (nSPS) is 20.0. The van der Waals surface area contributed by atoms with Crippen LogP contribution in [0.3, 0.4) is 0 Å². The van der Waals surface area contributed by atoms with Gasteiger partial charge < -0.3 is 15.4 Å². The average molecular weight is 571 g/mol. The van der Waals surface area contributed by atoms with E-state index in [-0.39, 0.29) is 29.6 Å². The molecular formula is C25H39IN4OS. The average Bonchev–Trinajstić information content (AvgIpc) is 3.26. The third-order valence-corrected chi connectivity index (χ3v) is 6.66. The van der Waals surface area contributed by atoms with Gasteiger partial charge in [0, 0.05) is 31.1 Å². The van der Waals surface area contributed by atoms with Crippen molar-refractivity contribution < 1.29 is 4.74 Å². The molecule has 1 aromatic carbocycles. The predicted molar refractivity (Wildman–Crippen MR) is 147 cm³/mol. The summed E-state index contributed by atoms with van der Waals surface area (Å²) in [5.74, 6) is 1.43. The highest BCUT2D eigenvalue weighted by molar-refractivity contribution is 14.0. The third-order valence-electron chi connectivity index (χ3n) is 5.72. The first kappa shape index (κ1) is 27.1. The van der Waals surface area contributed by atoms with E-state index >= 15 is 0 Å². The Kier molecular flexibility index (Phi) is 10.9. The summed E-state index contributed by atoms with van der Waals surface area (Å²) in [6, 6.07) is 13.5. The van der Waals surface area contributed by atoms with Crippen molar-refractivity contribution in [2.75, 3.05) is 27.2 Å². The fourth-order valence-corrected chi connectivity index (χ4v) is 5.13. The molecule has 5 nitrogen and oxygen atoms in total. The monoisotopic (exact) mass is 570 g/mol. The second kappa shape index (κ2) is 12.9. The summed E-state index contributed by atoms with van der Waals surface area (Å²) in [5, 5.41) is 9.23. The maximum Gasteiger partial charge on any atom is 0.191 e. The van der Waals surface area contributed by atoms with E-state index in [0.29, 0.717) is 18.6 Å². The first-order valence-corrected chi connectivity index (χ1v) is 12.1. The van der Waals surface area contributed by atoms with Crippen molar-refractivity contribution in [2.24, 2.45) is 10.9 Å². The van der Waals surface area contributed by atoms with Crippen LogP contribution in [0.5, 0.6) is 0 Å². The van der Waals surface area contributed by atoms with Gasteiger partial charge in [-0.15, -0.1) is 35.3 Å². The topological polar surface area (TPSA) is 48.9 Å². The molecule has 1 saturated heterocycles. The Labute approximate surface area is 215 Å². The highest BCUT2D eigenvalue weighted by Gasteiger charge is 2.31. The summed E-state index contributed by atoms with van der Waals surface area (Å²) in [4.78, 5) is 8.41. The molecule has 0 radical (unpaired) electrons. The van der Waals surface area contributed by atoms with Crippen molar-refractivity contribution in [3.05, 3.63) is 57.8 Å². The molecule has 0 aliphatic carbocycles. The van der Waals surface area contributed by atoms with E-state index in [0.717, 1.165) is 19.0 Å². The van der Waals surface area contributed by atoms with Crippen molar-refractivity contribution >= 4 is 41.3 Å². The number of ether oxygens (including phenoxy) is 1. The molecule has 3 rings (SSSR count). The van der Waals surface area contributed by atoms with Gasteiger partial charge in [-0.05, 0) is 75.7 Å². The SMILES string of the molecule is CN=C(NCc1cccc(COC(C)(C)C)c1)NCC1CCCN(C)C1c1cccs1.I. The number of nitrogens with zero attached hydrogens (tertiary/aromatic N) is 2. The lowest BCUT2D eigenvalue weighted by molar-refractivity contribution is -0.0149. The summed E-state index contributed by atoms with van der Waals surface area (Å²) in [5.41, 5.74) is 2.29. The molecule has 0 saturated carbocycles. The highest BCUT2D eigenvalue weighted by atomic mass is 127. The van der Waals surface area contributed by atoms with Gasteiger partial charge in [-0.25, -0.2) is 0 Å². The molecule has 2 atom stereocenters. The second-order valence-corrected chi connectivity index (χ2v) is 10.4. The largest absolute Gasteiger partial charge is 0.371 e. The molecule has 2 aromatic rings. The van der Waals surface area contributed by atoms with Gasteiger partial charge >= 0.3 is 0 Å². The Morgan fingerprint density at radius 1 is 1.19 bits per heavy atom. The second-order valence-electron chi connectivity index (χ2n) is 9.37. The summed E-state index contributed by atoms with van der Waals surface area (Å²) in [7, 11) is 4.09. The zero-order valence-electron chi connectivity index (χ0n) is 20.1. The van der Waals surface area contributed by atoms with Gasteiger partial charge in [0.05, 0.1) is 12.2 Å². The lowest BCUT2D eigenvalue weighted by atomic mass is 9.88. The fourth-order valence-electron chi connectivity index (χ4n) is 4.15. The number of thiophene rings is 1. The van der Waals surface area contributed by atoms with Gasteiger partial charge in [-0.3, -0.25) is 9.89 Å². The van der Waals surface area contributed by atoms with Crippen LogP contribution in [0.1, 0.15) is 55.7 Å². The molecule has 7 heteroatoms. The zero-order chi connectivity index (χ0) is 22.3. The van der Waals surface area contributed by atoms with Crippen LogP contribution in [0.25, 0.3) is 0 Å². The highest BCUT2D eigenvalue weighted by Crippen LogP contribution is 2.36. The standard InChI is InChI=1S/C25H38N4OS.HI/c1-25(2,3)30-18-20-10-6-9-19(15-20)16-27-24(26-4)28-17-21-11-7-13-29(5)23(21)22-12-8-14-31-22;/h6,8-10,12,14-15,21,23H,7,11,13,16-18H2,1-5H3,(H2,26,27,28);1H. The van der Waals surface area contributed by atoms with Gasteiger partial charge in [0.1, 0.15) is 0 Å². The molecule has 0 bridgehead atoms. The van der Waals surface area contributed by atoms with Crippen molar-refractivity contribution in [3.8, 4) is 0 Å². The maximum atomic E-state index is 5.91. The molecule has 1 aliphatic heterocycles. The molecular weight excluding hydrogens is 531 g/mol. The summed E-state index contributed by atoms with van der Waals surface area (Å²) in [6.07, 6.45) is 2.49. The van der Waals surface area contributed by atoms with Crippen LogP contribution < -0.4 is 10.6 Å². The lowest BCUT2D eigenvalue weighted by Gasteiger charge is -2.39. The number of likely N-dealkylation sites (tertiary alicyclic amines) is 1. The Hall–Kier alpha value is -1.16. The van der Waals surface area contributed by atoms with E-state index in [4.69, 9.17) is 4.74 Å². The lowest BCUT2D eigenvalue weighted by Crippen LogP contribution is -2.44. The van der Waals surface area contributed by atoms with Crippen LogP contribution >= 0.6 is 35.3 Å². The van der Waals surface area contributed by atoms with Crippen LogP contribution in [-0.2, 0) is 17.9 Å². The number of halogens is 1. The first-order chi connectivity index (χ1) is 14.9. The van der Waals surface area contributed by atoms with Crippen LogP contribution in [-0.4, -0.2) is 43.6 Å². The van der Waals surface area contributed by atoms with Crippen molar-refractivity contribution in [3.63, 3.8) is 0 Å². The summed E-state index contributed by atoms with van der Waals surface area (Å²) < 4.78 is 5.91. The number of benzene rings is 1. The van der Waals surface area contributed by atoms with Crippen LogP contribution in [0.4, 0.5) is 0 Å². The number of hydrogen-bond acceptors (Lipinski definition) is 4. The quantitative estimate of drug-likeness (QED) is 0.265. The van der Waals surface area contributed by atoms with Gasteiger partial charge in [-0.1, -0.05) is 30.3 Å². The van der Waals surface area contributed by atoms with Crippen molar-refractivity contribution in [2.45, 2.75) is 58.4 Å². The predicted octanol–water partition coefficient (Wildman–Crippen LogP) is 5.43. The molecule has 2 heterocycles. The number of piperidine rings is 1. The van der Waals surface area contributed by atoms with Gasteiger partial charge in [0.2, 0.25) is 0 Å². The van der Waals surface area contributed by atoms with Gasteiger partial charge in [0.15, 0.2) is 5.96 Å². The molecule has 2 N–H and O–H groups in total.